The van der Waals surface area contributed by atoms with Gasteiger partial charge in [0.05, 0.1) is 15.1 Å². The van der Waals surface area contributed by atoms with Crippen LogP contribution in [0.15, 0.2) is 40.9 Å². The van der Waals surface area contributed by atoms with Crippen molar-refractivity contribution in [1.82, 2.24) is 0 Å². The highest BCUT2D eigenvalue weighted by molar-refractivity contribution is 9.10. The van der Waals surface area contributed by atoms with Crippen molar-refractivity contribution in [3.63, 3.8) is 0 Å². The predicted molar refractivity (Wildman–Crippen MR) is 89.6 cm³/mol. The third-order valence-corrected chi connectivity index (χ3v) is 4.05. The van der Waals surface area contributed by atoms with Gasteiger partial charge in [0.2, 0.25) is 0 Å². The van der Waals surface area contributed by atoms with Crippen LogP contribution in [0, 0.1) is 0 Å². The highest BCUT2D eigenvalue weighted by Crippen LogP contribution is 2.33. The molecule has 106 valence electrons. The number of hydrogen-bond acceptors (Lipinski definition) is 2. The third kappa shape index (κ3) is 4.45. The number of nitrogens with one attached hydrogen (secondary N) is 1. The van der Waals surface area contributed by atoms with Crippen molar-refractivity contribution in [2.75, 3.05) is 18.5 Å². The van der Waals surface area contributed by atoms with E-state index in [1.54, 1.807) is 12.1 Å². The average Bonchev–Trinajstić information content (AvgIpc) is 2.42. The van der Waals surface area contributed by atoms with E-state index in [1.807, 2.05) is 24.3 Å². The lowest BCUT2D eigenvalue weighted by Crippen LogP contribution is -2.11. The second kappa shape index (κ2) is 7.41. The lowest BCUT2D eigenvalue weighted by atomic mass is 10.3. The minimum atomic E-state index is 0.414. The molecule has 0 fully saturated rings. The highest BCUT2D eigenvalue weighted by Gasteiger charge is 2.06. The van der Waals surface area contributed by atoms with Crippen molar-refractivity contribution < 1.29 is 4.74 Å². The second-order valence-corrected chi connectivity index (χ2v) is 6.12. The molecule has 0 aliphatic carbocycles. The molecule has 0 atom stereocenters. The first-order valence-electron chi connectivity index (χ1n) is 5.83. The Balaban J connectivity index is 1.84. The van der Waals surface area contributed by atoms with Gasteiger partial charge in [0.25, 0.3) is 0 Å². The zero-order valence-electron chi connectivity index (χ0n) is 10.3. The van der Waals surface area contributed by atoms with E-state index in [-0.39, 0.29) is 0 Å². The van der Waals surface area contributed by atoms with Gasteiger partial charge in [-0.25, -0.2) is 0 Å². The molecule has 0 amide bonds. The molecule has 0 spiro atoms. The maximum absolute atomic E-state index is 6.02. The maximum Gasteiger partial charge on any atom is 0.139 e. The van der Waals surface area contributed by atoms with Crippen LogP contribution in [-0.2, 0) is 0 Å². The topological polar surface area (TPSA) is 21.3 Å². The molecule has 1 N–H and O–H groups in total. The lowest BCUT2D eigenvalue weighted by molar-refractivity contribution is 0.333. The van der Waals surface area contributed by atoms with Crippen molar-refractivity contribution in [3.05, 3.63) is 55.9 Å². The van der Waals surface area contributed by atoms with Gasteiger partial charge in [-0.3, -0.25) is 0 Å². The minimum absolute atomic E-state index is 0.414. The van der Waals surface area contributed by atoms with Crippen molar-refractivity contribution in [2.24, 2.45) is 0 Å². The Labute approximate surface area is 141 Å². The van der Waals surface area contributed by atoms with Crippen molar-refractivity contribution in [2.45, 2.75) is 0 Å². The smallest absolute Gasteiger partial charge is 0.139 e. The van der Waals surface area contributed by atoms with Crippen LogP contribution in [0.3, 0.4) is 0 Å². The fourth-order valence-corrected chi connectivity index (χ4v) is 2.39. The molecule has 0 aliphatic rings. The Morgan fingerprint density at radius 1 is 0.950 bits per heavy atom. The van der Waals surface area contributed by atoms with Gasteiger partial charge in [0.15, 0.2) is 0 Å². The number of halogens is 4. The van der Waals surface area contributed by atoms with Crippen LogP contribution < -0.4 is 10.1 Å². The van der Waals surface area contributed by atoms with E-state index in [0.717, 1.165) is 10.2 Å². The molecular weight excluding hydrogens is 384 g/mol. The van der Waals surface area contributed by atoms with Gasteiger partial charge in [-0.1, -0.05) is 50.7 Å². The van der Waals surface area contributed by atoms with Gasteiger partial charge < -0.3 is 10.1 Å². The zero-order valence-corrected chi connectivity index (χ0v) is 14.2. The van der Waals surface area contributed by atoms with Crippen LogP contribution >= 0.6 is 50.7 Å². The largest absolute Gasteiger partial charge is 0.490 e. The number of benzene rings is 2. The Morgan fingerprint density at radius 3 is 2.30 bits per heavy atom. The molecule has 0 saturated carbocycles. The van der Waals surface area contributed by atoms with E-state index in [1.165, 1.54) is 0 Å². The average molecular weight is 396 g/mol. The fourth-order valence-electron chi connectivity index (χ4n) is 1.54. The van der Waals surface area contributed by atoms with E-state index in [9.17, 15) is 0 Å². The molecule has 2 aromatic carbocycles. The third-order valence-electron chi connectivity index (χ3n) is 2.51. The molecule has 2 rings (SSSR count). The summed E-state index contributed by atoms with van der Waals surface area (Å²) in [6.45, 7) is 1.12. The van der Waals surface area contributed by atoms with Crippen molar-refractivity contribution in [3.8, 4) is 5.75 Å². The summed E-state index contributed by atoms with van der Waals surface area (Å²) in [5.41, 5.74) is 1.03. The molecule has 6 heteroatoms. The summed E-state index contributed by atoms with van der Waals surface area (Å²) in [6, 6.07) is 11.1. The predicted octanol–water partition coefficient (Wildman–Crippen LogP) is 5.90. The summed E-state index contributed by atoms with van der Waals surface area (Å²) >= 11 is 21.2. The van der Waals surface area contributed by atoms with Gasteiger partial charge in [0.1, 0.15) is 12.4 Å². The normalized spacial score (nSPS) is 10.4. The molecule has 0 aromatic heterocycles. The number of anilines is 1. The summed E-state index contributed by atoms with van der Waals surface area (Å²) in [5, 5.41) is 4.52. The van der Waals surface area contributed by atoms with Gasteiger partial charge in [-0.15, -0.1) is 0 Å². The van der Waals surface area contributed by atoms with Crippen molar-refractivity contribution in [1.29, 1.82) is 0 Å². The molecule has 0 radical (unpaired) electrons. The summed E-state index contributed by atoms with van der Waals surface area (Å²) in [4.78, 5) is 0. The molecule has 2 aromatic rings. The lowest BCUT2D eigenvalue weighted by Gasteiger charge is -2.10. The Hall–Kier alpha value is -0.610. The van der Waals surface area contributed by atoms with Gasteiger partial charge in [0, 0.05) is 22.8 Å². The number of ether oxygens (including phenoxy) is 1. The molecular formula is C14H11BrCl3NO. The Morgan fingerprint density at radius 2 is 1.60 bits per heavy atom. The van der Waals surface area contributed by atoms with Gasteiger partial charge in [-0.2, -0.15) is 0 Å². The van der Waals surface area contributed by atoms with Crippen LogP contribution in [0.2, 0.25) is 15.1 Å². The molecule has 0 aliphatic heterocycles. The Kier molecular flexibility index (Phi) is 5.85. The summed E-state index contributed by atoms with van der Waals surface area (Å²) in [6.07, 6.45) is 0. The zero-order chi connectivity index (χ0) is 14.5. The summed E-state index contributed by atoms with van der Waals surface area (Å²) in [5.74, 6) is 0.527. The van der Waals surface area contributed by atoms with E-state index in [2.05, 4.69) is 21.2 Å². The summed E-state index contributed by atoms with van der Waals surface area (Å²) in [7, 11) is 0. The summed E-state index contributed by atoms with van der Waals surface area (Å²) < 4.78 is 6.61. The maximum atomic E-state index is 6.02. The van der Waals surface area contributed by atoms with Gasteiger partial charge in [-0.05, 0) is 30.3 Å². The minimum Gasteiger partial charge on any atom is -0.490 e. The monoisotopic (exact) mass is 393 g/mol. The first-order valence-corrected chi connectivity index (χ1v) is 7.76. The molecule has 2 nitrogen and oxygen atoms in total. The van der Waals surface area contributed by atoms with E-state index >= 15 is 0 Å². The van der Waals surface area contributed by atoms with Gasteiger partial charge >= 0.3 is 0 Å². The van der Waals surface area contributed by atoms with Crippen LogP contribution in [0.25, 0.3) is 0 Å². The van der Waals surface area contributed by atoms with E-state index in [0.29, 0.717) is 34.0 Å². The number of rotatable bonds is 5. The van der Waals surface area contributed by atoms with Crippen LogP contribution in [-0.4, -0.2) is 13.2 Å². The van der Waals surface area contributed by atoms with Crippen LogP contribution in [0.4, 0.5) is 5.69 Å². The standard InChI is InChI=1S/C14H11BrCl3NO/c15-9-1-3-10(4-2-9)19-5-6-20-14-8-12(17)11(16)7-13(14)18/h1-4,7-8,19H,5-6H2. The van der Waals surface area contributed by atoms with Crippen LogP contribution in [0.1, 0.15) is 0 Å². The first-order chi connectivity index (χ1) is 9.56. The van der Waals surface area contributed by atoms with Crippen molar-refractivity contribution >= 4 is 56.4 Å². The fraction of sp³-hybridized carbons (Fsp3) is 0.143. The first kappa shape index (κ1) is 15.8. The molecule has 20 heavy (non-hydrogen) atoms. The quantitative estimate of drug-likeness (QED) is 0.503. The number of hydrogen-bond donors (Lipinski definition) is 1. The van der Waals surface area contributed by atoms with Crippen LogP contribution in [0.5, 0.6) is 5.75 Å². The van der Waals surface area contributed by atoms with E-state index < -0.39 is 0 Å². The molecule has 0 saturated heterocycles. The molecule has 0 heterocycles. The SMILES string of the molecule is Clc1cc(Cl)c(OCCNc2ccc(Br)cc2)cc1Cl. The highest BCUT2D eigenvalue weighted by atomic mass is 79.9. The molecule has 0 bridgehead atoms. The second-order valence-electron chi connectivity index (χ2n) is 3.98. The van der Waals surface area contributed by atoms with E-state index in [4.69, 9.17) is 39.5 Å². The molecule has 0 unspecified atom stereocenters. The Bertz CT molecular complexity index is 590.